The third kappa shape index (κ3) is 2.83. The van der Waals surface area contributed by atoms with E-state index in [1.54, 1.807) is 17.3 Å². The van der Waals surface area contributed by atoms with Crippen molar-refractivity contribution < 1.29 is 14.3 Å². The minimum absolute atomic E-state index is 0.0176. The molecular weight excluding hydrogens is 358 g/mol. The first-order valence-corrected chi connectivity index (χ1v) is 9.80. The predicted octanol–water partition coefficient (Wildman–Crippen LogP) is 1.80. The van der Waals surface area contributed by atoms with Crippen LogP contribution in [0.4, 0.5) is 0 Å². The van der Waals surface area contributed by atoms with Gasteiger partial charge in [0, 0.05) is 37.7 Å². The Kier molecular flexibility index (Phi) is 3.89. The molecule has 1 aliphatic heterocycles. The summed E-state index contributed by atoms with van der Waals surface area (Å²) in [5.41, 5.74) is 1.62. The molecule has 6 rings (SSSR count). The number of amides is 2. The topological polar surface area (TPSA) is 100 Å². The van der Waals surface area contributed by atoms with Gasteiger partial charge in [0.1, 0.15) is 11.6 Å². The SMILES string of the molecule is C=CC(=O)N1CCC(Oc2cnc3[nH]cc(C(=O)NC45CC(C4)C5)c3n2)CC1. The largest absolute Gasteiger partial charge is 0.473 e. The number of hydrogen-bond donors (Lipinski definition) is 2. The van der Waals surface area contributed by atoms with Gasteiger partial charge >= 0.3 is 0 Å². The van der Waals surface area contributed by atoms with Crippen molar-refractivity contribution in [3.63, 3.8) is 0 Å². The zero-order valence-corrected chi connectivity index (χ0v) is 15.6. The molecule has 2 amide bonds. The molecule has 4 fully saturated rings. The predicted molar refractivity (Wildman–Crippen MR) is 102 cm³/mol. The fraction of sp³-hybridized carbons (Fsp3) is 0.500. The number of rotatable bonds is 5. The summed E-state index contributed by atoms with van der Waals surface area (Å²) >= 11 is 0. The molecule has 4 aliphatic rings. The minimum Gasteiger partial charge on any atom is -0.473 e. The molecule has 0 aromatic carbocycles. The van der Waals surface area contributed by atoms with Crippen LogP contribution in [0, 0.1) is 5.92 Å². The van der Waals surface area contributed by atoms with Gasteiger partial charge in [0.05, 0.1) is 11.8 Å². The number of fused-ring (bicyclic) bond motifs is 1. The molecule has 8 nitrogen and oxygen atoms in total. The maximum Gasteiger partial charge on any atom is 0.255 e. The molecule has 1 saturated heterocycles. The average molecular weight is 381 g/mol. The molecule has 3 heterocycles. The molecule has 0 spiro atoms. The highest BCUT2D eigenvalue weighted by molar-refractivity contribution is 6.05. The second-order valence-electron chi connectivity index (χ2n) is 8.17. The summed E-state index contributed by atoms with van der Waals surface area (Å²) < 4.78 is 5.99. The van der Waals surface area contributed by atoms with Crippen LogP contribution < -0.4 is 10.1 Å². The smallest absolute Gasteiger partial charge is 0.255 e. The third-order valence-corrected chi connectivity index (χ3v) is 6.24. The van der Waals surface area contributed by atoms with Gasteiger partial charge in [0.15, 0.2) is 5.65 Å². The minimum atomic E-state index is -0.105. The number of aromatic amines is 1. The lowest BCUT2D eigenvalue weighted by molar-refractivity contribution is -0.127. The number of aromatic nitrogens is 3. The highest BCUT2D eigenvalue weighted by Crippen LogP contribution is 2.57. The summed E-state index contributed by atoms with van der Waals surface area (Å²) in [6.45, 7) is 4.79. The number of carbonyl (C=O) groups is 2. The lowest BCUT2D eigenvalue weighted by atomic mass is 9.50. The van der Waals surface area contributed by atoms with Gasteiger partial charge in [-0.3, -0.25) is 9.59 Å². The van der Waals surface area contributed by atoms with Crippen LogP contribution in [0.15, 0.2) is 25.0 Å². The maximum absolute atomic E-state index is 12.7. The molecule has 2 aromatic rings. The molecule has 2 aromatic heterocycles. The first kappa shape index (κ1) is 17.2. The molecule has 3 saturated carbocycles. The second-order valence-corrected chi connectivity index (χ2v) is 8.17. The Hall–Kier alpha value is -2.90. The second kappa shape index (κ2) is 6.32. The van der Waals surface area contributed by atoms with Crippen LogP contribution in [0.3, 0.4) is 0 Å². The van der Waals surface area contributed by atoms with Crippen molar-refractivity contribution in [2.75, 3.05) is 13.1 Å². The van der Waals surface area contributed by atoms with E-state index < -0.39 is 0 Å². The van der Waals surface area contributed by atoms with E-state index in [9.17, 15) is 9.59 Å². The molecule has 0 atom stereocenters. The third-order valence-electron chi connectivity index (χ3n) is 6.24. The van der Waals surface area contributed by atoms with E-state index in [2.05, 4.69) is 26.8 Å². The fourth-order valence-corrected chi connectivity index (χ4v) is 4.54. The van der Waals surface area contributed by atoms with E-state index in [1.807, 2.05) is 0 Å². The lowest BCUT2D eigenvalue weighted by Crippen LogP contribution is -2.68. The molecule has 2 N–H and O–H groups in total. The Balaban J connectivity index is 1.27. The standard InChI is InChI=1S/C20H23N5O3/c1-2-16(26)25-5-3-13(4-6-25)28-15-11-22-18-17(23-15)14(10-21-18)19(27)24-20-7-12(8-20)9-20/h2,10-13H,1,3-9H2,(H,21,22)(H,24,27). The van der Waals surface area contributed by atoms with Crippen molar-refractivity contribution in [1.29, 1.82) is 0 Å². The number of ether oxygens (including phenoxy) is 1. The molecular formula is C20H23N5O3. The van der Waals surface area contributed by atoms with Crippen molar-refractivity contribution in [3.05, 3.63) is 30.6 Å². The number of H-pyrrole nitrogens is 1. The van der Waals surface area contributed by atoms with Crippen molar-refractivity contribution in [2.24, 2.45) is 5.92 Å². The summed E-state index contributed by atoms with van der Waals surface area (Å²) in [6.07, 6.45) is 9.27. The quantitative estimate of drug-likeness (QED) is 0.769. The van der Waals surface area contributed by atoms with Crippen molar-refractivity contribution in [2.45, 2.75) is 43.7 Å². The molecule has 3 aliphatic carbocycles. The van der Waals surface area contributed by atoms with Crippen molar-refractivity contribution in [3.8, 4) is 5.88 Å². The number of nitrogens with one attached hydrogen (secondary N) is 2. The van der Waals surface area contributed by atoms with E-state index >= 15 is 0 Å². The zero-order valence-electron chi connectivity index (χ0n) is 15.6. The van der Waals surface area contributed by atoms with Crippen LogP contribution in [-0.2, 0) is 4.79 Å². The molecule has 0 unspecified atom stereocenters. The first-order valence-electron chi connectivity index (χ1n) is 9.80. The number of nitrogens with zero attached hydrogens (tertiary/aromatic N) is 3. The van der Waals surface area contributed by atoms with Gasteiger partial charge < -0.3 is 19.9 Å². The van der Waals surface area contributed by atoms with Crippen LogP contribution in [0.25, 0.3) is 11.2 Å². The highest BCUT2D eigenvalue weighted by atomic mass is 16.5. The zero-order chi connectivity index (χ0) is 19.3. The molecule has 146 valence electrons. The van der Waals surface area contributed by atoms with E-state index in [0.717, 1.165) is 38.0 Å². The Labute approximate surface area is 162 Å². The van der Waals surface area contributed by atoms with Crippen LogP contribution in [-0.4, -0.2) is 56.4 Å². The number of carbonyl (C=O) groups excluding carboxylic acids is 2. The summed E-state index contributed by atoms with van der Waals surface area (Å²) in [5, 5.41) is 3.16. The molecule has 28 heavy (non-hydrogen) atoms. The lowest BCUT2D eigenvalue weighted by Gasteiger charge is -2.61. The Morgan fingerprint density at radius 2 is 2.07 bits per heavy atom. The Bertz CT molecular complexity index is 943. The summed E-state index contributed by atoms with van der Waals surface area (Å²) in [5.74, 6) is 1.05. The van der Waals surface area contributed by atoms with Gasteiger partial charge in [-0.15, -0.1) is 0 Å². The summed E-state index contributed by atoms with van der Waals surface area (Å²) in [4.78, 5) is 38.0. The fourth-order valence-electron chi connectivity index (χ4n) is 4.54. The molecule has 2 bridgehead atoms. The molecule has 8 heteroatoms. The van der Waals surface area contributed by atoms with Crippen LogP contribution in [0.5, 0.6) is 5.88 Å². The van der Waals surface area contributed by atoms with E-state index in [-0.39, 0.29) is 23.5 Å². The van der Waals surface area contributed by atoms with Gasteiger partial charge in [-0.2, -0.15) is 0 Å². The Morgan fingerprint density at radius 3 is 2.71 bits per heavy atom. The Morgan fingerprint density at radius 1 is 1.32 bits per heavy atom. The average Bonchev–Trinajstić information content (AvgIpc) is 3.07. The highest BCUT2D eigenvalue weighted by Gasteiger charge is 2.57. The number of hydrogen-bond acceptors (Lipinski definition) is 5. The monoisotopic (exact) mass is 381 g/mol. The van der Waals surface area contributed by atoms with Crippen LogP contribution >= 0.6 is 0 Å². The van der Waals surface area contributed by atoms with Crippen LogP contribution in [0.1, 0.15) is 42.5 Å². The van der Waals surface area contributed by atoms with E-state index in [0.29, 0.717) is 35.7 Å². The van der Waals surface area contributed by atoms with Gasteiger partial charge in [-0.25, -0.2) is 9.97 Å². The normalized spacial score (nSPS) is 26.3. The maximum atomic E-state index is 12.7. The summed E-state index contributed by atoms with van der Waals surface area (Å²) in [6, 6.07) is 0. The van der Waals surface area contributed by atoms with Crippen molar-refractivity contribution >= 4 is 23.0 Å². The van der Waals surface area contributed by atoms with Crippen molar-refractivity contribution in [1.82, 2.24) is 25.2 Å². The number of likely N-dealkylation sites (tertiary alicyclic amines) is 1. The van der Waals surface area contributed by atoms with Gasteiger partial charge in [0.25, 0.3) is 5.91 Å². The molecule has 0 radical (unpaired) electrons. The van der Waals surface area contributed by atoms with E-state index in [1.165, 1.54) is 6.08 Å². The van der Waals surface area contributed by atoms with Gasteiger partial charge in [-0.05, 0) is 31.3 Å². The first-order chi connectivity index (χ1) is 13.5. The van der Waals surface area contributed by atoms with Gasteiger partial charge in [0.2, 0.25) is 11.8 Å². The van der Waals surface area contributed by atoms with E-state index in [4.69, 9.17) is 4.74 Å². The summed E-state index contributed by atoms with van der Waals surface area (Å²) in [7, 11) is 0. The number of piperidine rings is 1. The van der Waals surface area contributed by atoms with Crippen LogP contribution in [0.2, 0.25) is 0 Å². The van der Waals surface area contributed by atoms with Gasteiger partial charge in [-0.1, -0.05) is 6.58 Å².